The van der Waals surface area contributed by atoms with Crippen LogP contribution in [0.5, 0.6) is 0 Å². The van der Waals surface area contributed by atoms with Gasteiger partial charge in [0, 0.05) is 19.4 Å². The predicted octanol–water partition coefficient (Wildman–Crippen LogP) is 21.6. The average molecular weight is 1100 g/mol. The van der Waals surface area contributed by atoms with Gasteiger partial charge in [0.1, 0.15) is 6.61 Å². The van der Waals surface area contributed by atoms with Crippen molar-refractivity contribution < 1.29 is 37.6 Å². The maximum absolute atomic E-state index is 12.7. The van der Waals surface area contributed by atoms with Crippen LogP contribution in [-0.4, -0.2) is 49.3 Å². The molecule has 2 unspecified atom stereocenters. The van der Waals surface area contributed by atoms with Crippen LogP contribution in [0.15, 0.2) is 12.2 Å². The van der Waals surface area contributed by atoms with Gasteiger partial charge in [-0.1, -0.05) is 328 Å². The van der Waals surface area contributed by atoms with Crippen LogP contribution in [0.25, 0.3) is 0 Å². The van der Waals surface area contributed by atoms with E-state index in [-0.39, 0.29) is 38.6 Å². The van der Waals surface area contributed by atoms with Gasteiger partial charge in [0.15, 0.2) is 6.10 Å². The molecule has 0 fully saturated rings. The second kappa shape index (κ2) is 62.9. The molecule has 0 rings (SSSR count). The number of allylic oxidation sites excluding steroid dienone is 2. The van der Waals surface area contributed by atoms with Gasteiger partial charge in [0.25, 0.3) is 0 Å². The first kappa shape index (κ1) is 74.8. The fraction of sp³-hybridized carbons (Fsp3) is 0.939. The summed E-state index contributed by atoms with van der Waals surface area (Å²) in [6, 6.07) is 0. The molecule has 0 saturated heterocycles. The summed E-state index contributed by atoms with van der Waals surface area (Å²) in [5.41, 5.74) is 5.39. The number of carbonyl (C=O) groups excluding carboxylic acids is 2. The Morgan fingerprint density at radius 3 is 0.934 bits per heavy atom. The van der Waals surface area contributed by atoms with Crippen molar-refractivity contribution in [1.29, 1.82) is 0 Å². The third-order valence-corrected chi connectivity index (χ3v) is 16.4. The van der Waals surface area contributed by atoms with Crippen LogP contribution >= 0.6 is 7.82 Å². The molecule has 9 nitrogen and oxygen atoms in total. The van der Waals surface area contributed by atoms with Crippen LogP contribution in [0.2, 0.25) is 0 Å². The average Bonchev–Trinajstić information content (AvgIpc) is 3.41. The second-order valence-corrected chi connectivity index (χ2v) is 24.5. The zero-order valence-corrected chi connectivity index (χ0v) is 51.7. The van der Waals surface area contributed by atoms with Crippen LogP contribution in [0.3, 0.4) is 0 Å². The lowest BCUT2D eigenvalue weighted by Crippen LogP contribution is -2.29. The molecular weight excluding hydrogens is 966 g/mol. The number of hydrogen-bond acceptors (Lipinski definition) is 8. The highest BCUT2D eigenvalue weighted by atomic mass is 31.2. The highest BCUT2D eigenvalue weighted by Crippen LogP contribution is 2.43. The summed E-state index contributed by atoms with van der Waals surface area (Å²) in [7, 11) is -4.38. The van der Waals surface area contributed by atoms with Gasteiger partial charge < -0.3 is 20.1 Å². The molecule has 3 N–H and O–H groups in total. The Hall–Kier alpha value is -1.25. The number of esters is 2. The van der Waals surface area contributed by atoms with Crippen molar-refractivity contribution in [1.82, 2.24) is 0 Å². The quantitative estimate of drug-likeness (QED) is 0.0264. The first-order valence-corrected chi connectivity index (χ1v) is 35.2. The predicted molar refractivity (Wildman–Crippen MR) is 326 cm³/mol. The standard InChI is InChI=1S/C66H130NO8P/c1-3-5-7-9-11-13-15-17-19-21-23-24-25-26-27-28-29-30-31-32-33-34-35-36-37-38-39-41-42-44-46-48-50-52-54-56-58-65(68)72-62-64(63-74-76(70,71)73-61-60-67)75-66(69)59-57-55-53-51-49-47-45-43-40-22-20-18-16-14-12-10-8-6-4-2/h18,20,64H,3-17,19,21-63,67H2,1-2H3,(H,70,71)/b20-18-. The van der Waals surface area contributed by atoms with Crippen molar-refractivity contribution in [2.45, 2.75) is 373 Å². The zero-order chi connectivity index (χ0) is 55.2. The van der Waals surface area contributed by atoms with E-state index in [1.807, 2.05) is 0 Å². The number of rotatable bonds is 65. The lowest BCUT2D eigenvalue weighted by Gasteiger charge is -2.19. The van der Waals surface area contributed by atoms with E-state index in [1.54, 1.807) is 0 Å². The van der Waals surface area contributed by atoms with Gasteiger partial charge >= 0.3 is 19.8 Å². The number of nitrogens with two attached hydrogens (primary N) is 1. The van der Waals surface area contributed by atoms with Crippen molar-refractivity contribution in [2.75, 3.05) is 26.4 Å². The van der Waals surface area contributed by atoms with E-state index >= 15 is 0 Å². The fourth-order valence-corrected chi connectivity index (χ4v) is 11.2. The summed E-state index contributed by atoms with van der Waals surface area (Å²) in [4.78, 5) is 35.2. The molecular formula is C66H130NO8P. The van der Waals surface area contributed by atoms with Gasteiger partial charge in [-0.25, -0.2) is 4.57 Å². The largest absolute Gasteiger partial charge is 0.472 e. The molecule has 10 heteroatoms. The Labute approximate surface area is 472 Å². The molecule has 0 aromatic rings. The van der Waals surface area contributed by atoms with Crippen molar-refractivity contribution >= 4 is 19.8 Å². The van der Waals surface area contributed by atoms with E-state index in [2.05, 4.69) is 26.0 Å². The van der Waals surface area contributed by atoms with Gasteiger partial charge in [-0.2, -0.15) is 0 Å². The molecule has 76 heavy (non-hydrogen) atoms. The lowest BCUT2D eigenvalue weighted by molar-refractivity contribution is -0.161. The van der Waals surface area contributed by atoms with Crippen LogP contribution in [0, 0.1) is 0 Å². The Bertz CT molecular complexity index is 1250. The molecule has 0 aromatic heterocycles. The second-order valence-electron chi connectivity index (χ2n) is 23.1. The monoisotopic (exact) mass is 1100 g/mol. The van der Waals surface area contributed by atoms with Gasteiger partial charge in [0.2, 0.25) is 0 Å². The molecule has 0 spiro atoms. The summed E-state index contributed by atoms with van der Waals surface area (Å²) < 4.78 is 33.1. The molecule has 0 heterocycles. The Balaban J connectivity index is 3.75. The summed E-state index contributed by atoms with van der Waals surface area (Å²) in [6.45, 7) is 3.81. The third-order valence-electron chi connectivity index (χ3n) is 15.4. The molecule has 0 aliphatic carbocycles. The van der Waals surface area contributed by atoms with E-state index in [0.717, 1.165) is 38.5 Å². The zero-order valence-electron chi connectivity index (χ0n) is 50.8. The minimum Gasteiger partial charge on any atom is -0.462 e. The summed E-state index contributed by atoms with van der Waals surface area (Å²) >= 11 is 0. The van der Waals surface area contributed by atoms with Gasteiger partial charge in [0.05, 0.1) is 13.2 Å². The van der Waals surface area contributed by atoms with E-state index in [0.29, 0.717) is 6.42 Å². The van der Waals surface area contributed by atoms with Crippen molar-refractivity contribution in [2.24, 2.45) is 5.73 Å². The van der Waals surface area contributed by atoms with Gasteiger partial charge in [-0.05, 0) is 38.5 Å². The first-order chi connectivity index (χ1) is 37.3. The van der Waals surface area contributed by atoms with Crippen molar-refractivity contribution in [3.8, 4) is 0 Å². The summed E-state index contributed by atoms with van der Waals surface area (Å²) in [6.07, 6.45) is 74.6. The van der Waals surface area contributed by atoms with Crippen LogP contribution < -0.4 is 5.73 Å². The topological polar surface area (TPSA) is 134 Å². The van der Waals surface area contributed by atoms with E-state index in [9.17, 15) is 19.0 Å². The minimum atomic E-state index is -4.38. The molecule has 0 bridgehead atoms. The highest BCUT2D eigenvalue weighted by molar-refractivity contribution is 7.47. The molecule has 0 amide bonds. The number of carbonyl (C=O) groups is 2. The summed E-state index contributed by atoms with van der Waals surface area (Å²) in [5.74, 6) is -0.808. The van der Waals surface area contributed by atoms with Gasteiger partial charge in [-0.3, -0.25) is 18.6 Å². The normalized spacial score (nSPS) is 12.9. The lowest BCUT2D eigenvalue weighted by atomic mass is 10.0. The SMILES string of the molecule is CCCCCCCC/C=C\CCCCCCCCCCCC(=O)OC(COC(=O)CCCCCCCCCCCCCCCCCCCCCCCCCCCCCCCCCCCCCC)COP(=O)(O)OCCN. The molecule has 0 radical (unpaired) electrons. The summed E-state index contributed by atoms with van der Waals surface area (Å²) in [5, 5.41) is 0. The van der Waals surface area contributed by atoms with Crippen LogP contribution in [0.1, 0.15) is 367 Å². The maximum atomic E-state index is 12.7. The molecule has 0 saturated carbocycles. The maximum Gasteiger partial charge on any atom is 0.472 e. The fourth-order valence-electron chi connectivity index (χ4n) is 10.4. The van der Waals surface area contributed by atoms with E-state index < -0.39 is 26.5 Å². The van der Waals surface area contributed by atoms with E-state index in [1.165, 1.54) is 295 Å². The smallest absolute Gasteiger partial charge is 0.462 e. The van der Waals surface area contributed by atoms with Crippen molar-refractivity contribution in [3.63, 3.8) is 0 Å². The highest BCUT2D eigenvalue weighted by Gasteiger charge is 2.26. The number of phosphoric acid groups is 1. The number of ether oxygens (including phenoxy) is 2. The van der Waals surface area contributed by atoms with E-state index in [4.69, 9.17) is 24.3 Å². The number of phosphoric ester groups is 1. The minimum absolute atomic E-state index is 0.0565. The molecule has 0 aliphatic heterocycles. The number of hydrogen-bond donors (Lipinski definition) is 2. The third kappa shape index (κ3) is 62.0. The Morgan fingerprint density at radius 1 is 0.382 bits per heavy atom. The Morgan fingerprint density at radius 2 is 0.645 bits per heavy atom. The molecule has 0 aliphatic rings. The molecule has 452 valence electrons. The van der Waals surface area contributed by atoms with Gasteiger partial charge in [-0.15, -0.1) is 0 Å². The van der Waals surface area contributed by atoms with Crippen molar-refractivity contribution in [3.05, 3.63) is 12.2 Å². The number of unbranched alkanes of at least 4 members (excludes halogenated alkanes) is 50. The van der Waals surface area contributed by atoms with Crippen LogP contribution in [-0.2, 0) is 32.7 Å². The van der Waals surface area contributed by atoms with Crippen LogP contribution in [0.4, 0.5) is 0 Å². The molecule has 0 aromatic carbocycles. The molecule has 2 atom stereocenters. The first-order valence-electron chi connectivity index (χ1n) is 33.7. The Kier molecular flexibility index (Phi) is 61.9.